The zero-order chi connectivity index (χ0) is 23.2. The molecule has 2 aliphatic heterocycles. The van der Waals surface area contributed by atoms with Crippen LogP contribution in [0.5, 0.6) is 5.75 Å². The highest BCUT2D eigenvalue weighted by molar-refractivity contribution is 6.36. The van der Waals surface area contributed by atoms with Crippen LogP contribution in [0.4, 0.5) is 5.69 Å². The van der Waals surface area contributed by atoms with Crippen LogP contribution in [0.3, 0.4) is 0 Å². The molecule has 7 nitrogen and oxygen atoms in total. The maximum atomic E-state index is 13.5. The van der Waals surface area contributed by atoms with E-state index < -0.39 is 0 Å². The summed E-state index contributed by atoms with van der Waals surface area (Å²) in [5.41, 5.74) is 2.39. The lowest BCUT2D eigenvalue weighted by Crippen LogP contribution is -2.44. The Hall–Kier alpha value is -3.16. The van der Waals surface area contributed by atoms with Crippen molar-refractivity contribution in [1.29, 1.82) is 0 Å². The summed E-state index contributed by atoms with van der Waals surface area (Å²) >= 11 is 0. The molecule has 2 amide bonds. The van der Waals surface area contributed by atoms with Crippen LogP contribution >= 0.6 is 0 Å². The van der Waals surface area contributed by atoms with E-state index in [9.17, 15) is 9.59 Å². The Balaban J connectivity index is 1.63. The van der Waals surface area contributed by atoms with Gasteiger partial charge < -0.3 is 14.4 Å². The third kappa shape index (κ3) is 5.10. The second kappa shape index (κ2) is 10.6. The van der Waals surface area contributed by atoms with Crippen molar-refractivity contribution in [3.05, 3.63) is 65.9 Å². The number of morpholine rings is 1. The molecule has 2 aliphatic rings. The van der Waals surface area contributed by atoms with E-state index in [0.717, 1.165) is 30.9 Å². The molecule has 0 aromatic heterocycles. The largest absolute Gasteiger partial charge is 0.494 e. The standard InChI is InChI=1S/C26H31N3O4/c1-3-17-33-22-11-9-20(10-12-22)23-24(27(2)21-7-5-4-6-8-21)26(31)29(25(23)30)14-13-28-15-18-32-19-16-28/h4-12H,3,13-19H2,1-2H3. The number of benzene rings is 2. The van der Waals surface area contributed by atoms with Gasteiger partial charge in [0.05, 0.1) is 25.4 Å². The number of amides is 2. The van der Waals surface area contributed by atoms with Crippen LogP contribution in [0.1, 0.15) is 18.9 Å². The fourth-order valence-electron chi connectivity index (χ4n) is 4.12. The monoisotopic (exact) mass is 449 g/mol. The predicted molar refractivity (Wildman–Crippen MR) is 128 cm³/mol. The van der Waals surface area contributed by atoms with Gasteiger partial charge in [-0.1, -0.05) is 37.3 Å². The first-order valence-corrected chi connectivity index (χ1v) is 11.5. The smallest absolute Gasteiger partial charge is 0.278 e. The quantitative estimate of drug-likeness (QED) is 0.549. The molecule has 0 atom stereocenters. The normalized spacial score (nSPS) is 17.1. The van der Waals surface area contributed by atoms with E-state index in [-0.39, 0.29) is 11.8 Å². The number of carbonyl (C=O) groups excluding carboxylic acids is 2. The molecule has 0 unspecified atom stereocenters. The predicted octanol–water partition coefficient (Wildman–Crippen LogP) is 3.02. The molecular weight excluding hydrogens is 418 g/mol. The summed E-state index contributed by atoms with van der Waals surface area (Å²) in [4.78, 5) is 32.5. The summed E-state index contributed by atoms with van der Waals surface area (Å²) in [6.07, 6.45) is 0.921. The maximum absolute atomic E-state index is 13.5. The highest BCUT2D eigenvalue weighted by Gasteiger charge is 2.41. The molecule has 2 aromatic rings. The Labute approximate surface area is 195 Å². The molecule has 0 bridgehead atoms. The number of likely N-dealkylation sites (N-methyl/N-ethyl adjacent to an activating group) is 1. The number of para-hydroxylation sites is 1. The summed E-state index contributed by atoms with van der Waals surface area (Å²) in [7, 11) is 1.83. The number of imide groups is 1. The number of hydrogen-bond donors (Lipinski definition) is 0. The molecule has 0 aliphatic carbocycles. The van der Waals surface area contributed by atoms with Crippen LogP contribution in [0.2, 0.25) is 0 Å². The van der Waals surface area contributed by atoms with E-state index in [0.29, 0.717) is 49.7 Å². The molecule has 7 heteroatoms. The number of ether oxygens (including phenoxy) is 2. The minimum Gasteiger partial charge on any atom is -0.494 e. The Morgan fingerprint density at radius 3 is 2.30 bits per heavy atom. The number of hydrogen-bond acceptors (Lipinski definition) is 6. The van der Waals surface area contributed by atoms with Crippen LogP contribution in [0, 0.1) is 0 Å². The van der Waals surface area contributed by atoms with Crippen LogP contribution < -0.4 is 9.64 Å². The van der Waals surface area contributed by atoms with Gasteiger partial charge >= 0.3 is 0 Å². The molecule has 174 valence electrons. The Bertz CT molecular complexity index is 998. The first-order valence-electron chi connectivity index (χ1n) is 11.5. The Kier molecular flexibility index (Phi) is 7.42. The average Bonchev–Trinajstić information content (AvgIpc) is 3.11. The molecule has 0 radical (unpaired) electrons. The highest BCUT2D eigenvalue weighted by atomic mass is 16.5. The molecule has 0 saturated carbocycles. The first-order chi connectivity index (χ1) is 16.1. The Morgan fingerprint density at radius 1 is 0.939 bits per heavy atom. The van der Waals surface area contributed by atoms with Gasteiger partial charge in [-0.25, -0.2) is 0 Å². The van der Waals surface area contributed by atoms with Crippen LogP contribution in [-0.4, -0.2) is 74.7 Å². The van der Waals surface area contributed by atoms with Crippen molar-refractivity contribution in [2.45, 2.75) is 13.3 Å². The lowest BCUT2D eigenvalue weighted by atomic mass is 10.0. The number of anilines is 1. The number of nitrogens with zero attached hydrogens (tertiary/aromatic N) is 3. The summed E-state index contributed by atoms with van der Waals surface area (Å²) in [5.74, 6) is 0.231. The van der Waals surface area contributed by atoms with Crippen molar-refractivity contribution in [3.8, 4) is 5.75 Å². The fraction of sp³-hybridized carbons (Fsp3) is 0.385. The van der Waals surface area contributed by atoms with E-state index >= 15 is 0 Å². The summed E-state index contributed by atoms with van der Waals surface area (Å²) in [6.45, 7) is 6.67. The van der Waals surface area contributed by atoms with Crippen molar-refractivity contribution < 1.29 is 19.1 Å². The fourth-order valence-corrected chi connectivity index (χ4v) is 4.12. The molecule has 0 N–H and O–H groups in total. The van der Waals surface area contributed by atoms with E-state index in [4.69, 9.17) is 9.47 Å². The second-order valence-electron chi connectivity index (χ2n) is 8.21. The van der Waals surface area contributed by atoms with Crippen molar-refractivity contribution in [1.82, 2.24) is 9.80 Å². The molecule has 0 spiro atoms. The van der Waals surface area contributed by atoms with Crippen LogP contribution in [0.25, 0.3) is 5.57 Å². The van der Waals surface area contributed by atoms with Crippen molar-refractivity contribution in [3.63, 3.8) is 0 Å². The molecule has 4 rings (SSSR count). The van der Waals surface area contributed by atoms with Gasteiger partial charge in [0, 0.05) is 38.9 Å². The van der Waals surface area contributed by atoms with Crippen molar-refractivity contribution >= 4 is 23.1 Å². The zero-order valence-corrected chi connectivity index (χ0v) is 19.3. The molecule has 1 saturated heterocycles. The minimum absolute atomic E-state index is 0.256. The van der Waals surface area contributed by atoms with E-state index in [1.807, 2.05) is 66.5 Å². The van der Waals surface area contributed by atoms with Gasteiger partial charge in [0.2, 0.25) is 0 Å². The molecular formula is C26H31N3O4. The SMILES string of the molecule is CCCOc1ccc(C2=C(N(C)c3ccccc3)C(=O)N(CCN3CCOCC3)C2=O)cc1. The van der Waals surface area contributed by atoms with Gasteiger partial charge in [-0.2, -0.15) is 0 Å². The van der Waals surface area contributed by atoms with Gasteiger partial charge in [-0.15, -0.1) is 0 Å². The third-order valence-electron chi connectivity index (χ3n) is 5.98. The van der Waals surface area contributed by atoms with Gasteiger partial charge in [0.15, 0.2) is 0 Å². The van der Waals surface area contributed by atoms with Crippen LogP contribution in [0.15, 0.2) is 60.3 Å². The molecule has 2 aromatic carbocycles. The number of carbonyl (C=O) groups is 2. The third-order valence-corrected chi connectivity index (χ3v) is 5.98. The first kappa shape index (κ1) is 23.0. The van der Waals surface area contributed by atoms with E-state index in [1.165, 1.54) is 4.90 Å². The molecule has 2 heterocycles. The Morgan fingerprint density at radius 2 is 1.64 bits per heavy atom. The highest BCUT2D eigenvalue weighted by Crippen LogP contribution is 2.34. The summed E-state index contributed by atoms with van der Waals surface area (Å²) < 4.78 is 11.1. The molecule has 33 heavy (non-hydrogen) atoms. The molecule has 1 fully saturated rings. The average molecular weight is 450 g/mol. The summed E-state index contributed by atoms with van der Waals surface area (Å²) in [6, 6.07) is 17.1. The maximum Gasteiger partial charge on any atom is 0.278 e. The second-order valence-corrected chi connectivity index (χ2v) is 8.21. The topological polar surface area (TPSA) is 62.3 Å². The van der Waals surface area contributed by atoms with Crippen molar-refractivity contribution in [2.24, 2.45) is 0 Å². The lowest BCUT2D eigenvalue weighted by molar-refractivity contribution is -0.137. The minimum atomic E-state index is -0.263. The zero-order valence-electron chi connectivity index (χ0n) is 19.3. The summed E-state index contributed by atoms with van der Waals surface area (Å²) in [5, 5.41) is 0. The van der Waals surface area contributed by atoms with E-state index in [1.54, 1.807) is 0 Å². The lowest BCUT2D eigenvalue weighted by Gasteiger charge is -2.28. The van der Waals surface area contributed by atoms with Gasteiger partial charge in [-0.3, -0.25) is 19.4 Å². The number of rotatable bonds is 9. The van der Waals surface area contributed by atoms with Crippen molar-refractivity contribution in [2.75, 3.05) is 57.9 Å². The van der Waals surface area contributed by atoms with Crippen LogP contribution in [-0.2, 0) is 14.3 Å². The van der Waals surface area contributed by atoms with E-state index in [2.05, 4.69) is 11.8 Å². The van der Waals surface area contributed by atoms with Gasteiger partial charge in [-0.05, 0) is 36.2 Å². The van der Waals surface area contributed by atoms with Gasteiger partial charge in [0.1, 0.15) is 11.4 Å². The van der Waals surface area contributed by atoms with Gasteiger partial charge in [0.25, 0.3) is 11.8 Å².